The third-order valence-corrected chi connectivity index (χ3v) is 4.55. The topological polar surface area (TPSA) is 88.8 Å². The Labute approximate surface area is 206 Å². The monoisotopic (exact) mass is 515 g/mol. The van der Waals surface area contributed by atoms with E-state index in [0.717, 1.165) is 10.9 Å². The lowest BCUT2D eigenvalue weighted by molar-refractivity contribution is -0.138. The van der Waals surface area contributed by atoms with Crippen LogP contribution in [0.4, 0.5) is 27.9 Å². The van der Waals surface area contributed by atoms with Gasteiger partial charge in [0.25, 0.3) is 5.91 Å². The first-order valence-corrected chi connectivity index (χ1v) is 11.4. The van der Waals surface area contributed by atoms with Gasteiger partial charge >= 0.3 is 6.18 Å². The van der Waals surface area contributed by atoms with E-state index in [0.29, 0.717) is 18.5 Å². The van der Waals surface area contributed by atoms with Crippen molar-refractivity contribution in [1.82, 2.24) is 29.9 Å². The summed E-state index contributed by atoms with van der Waals surface area (Å²) < 4.78 is 66.2. The summed E-state index contributed by atoms with van der Waals surface area (Å²) in [5.74, 6) is -2.70. The molecule has 3 aromatic rings. The van der Waals surface area contributed by atoms with E-state index in [9.17, 15) is 26.7 Å². The number of anilines is 1. The molecule has 0 fully saturated rings. The summed E-state index contributed by atoms with van der Waals surface area (Å²) in [7, 11) is 0. The molecule has 0 saturated heterocycles. The van der Waals surface area contributed by atoms with Crippen molar-refractivity contribution in [1.29, 1.82) is 0 Å². The molecule has 36 heavy (non-hydrogen) atoms. The van der Waals surface area contributed by atoms with Crippen molar-refractivity contribution in [3.63, 3.8) is 0 Å². The number of nitrogens with zero attached hydrogens (tertiary/aromatic N) is 6. The third kappa shape index (κ3) is 7.68. The minimum Gasteiger partial charge on any atom is -0.352 e. The van der Waals surface area contributed by atoms with Crippen LogP contribution >= 0.6 is 0 Å². The fourth-order valence-electron chi connectivity index (χ4n) is 2.99. The average molecular weight is 516 g/mol. The minimum absolute atomic E-state index is 0.0633. The Hall–Kier alpha value is -3.64. The van der Waals surface area contributed by atoms with Gasteiger partial charge in [-0.25, -0.2) is 18.7 Å². The zero-order chi connectivity index (χ0) is 27.5. The van der Waals surface area contributed by atoms with Crippen molar-refractivity contribution in [3.05, 3.63) is 59.7 Å². The maximum Gasteiger partial charge on any atom is 0.419 e. The quantitative estimate of drug-likeness (QED) is 0.426. The largest absolute Gasteiger partial charge is 0.419 e. The SMILES string of the molecule is CC.CC.CCN(C(=O)c1cc(F)cc(F)c1-n1nccn1)C(C)CNc1ncc(C(F)(F)F)cn1. The van der Waals surface area contributed by atoms with Crippen molar-refractivity contribution < 1.29 is 26.7 Å². The first-order chi connectivity index (χ1) is 17.1. The van der Waals surface area contributed by atoms with Crippen molar-refractivity contribution in [2.45, 2.75) is 53.8 Å². The van der Waals surface area contributed by atoms with Gasteiger partial charge in [0, 0.05) is 37.6 Å². The van der Waals surface area contributed by atoms with Gasteiger partial charge in [-0.15, -0.1) is 4.80 Å². The Kier molecular flexibility index (Phi) is 11.9. The highest BCUT2D eigenvalue weighted by Gasteiger charge is 2.31. The lowest BCUT2D eigenvalue weighted by atomic mass is 10.1. The van der Waals surface area contributed by atoms with E-state index >= 15 is 0 Å². The number of hydrogen-bond acceptors (Lipinski definition) is 6. The molecule has 2 aromatic heterocycles. The summed E-state index contributed by atoms with van der Waals surface area (Å²) in [6, 6.07) is 0.980. The number of amides is 1. The van der Waals surface area contributed by atoms with Gasteiger partial charge in [0.1, 0.15) is 11.5 Å². The summed E-state index contributed by atoms with van der Waals surface area (Å²) >= 11 is 0. The molecule has 0 aliphatic rings. The first kappa shape index (κ1) is 30.4. The van der Waals surface area contributed by atoms with Crippen molar-refractivity contribution in [2.75, 3.05) is 18.4 Å². The fraction of sp³-hybridized carbons (Fsp3) is 0.435. The van der Waals surface area contributed by atoms with Gasteiger partial charge in [-0.2, -0.15) is 23.4 Å². The van der Waals surface area contributed by atoms with Crippen molar-refractivity contribution >= 4 is 11.9 Å². The molecular formula is C23H30F5N7O. The summed E-state index contributed by atoms with van der Waals surface area (Å²) in [6.45, 7) is 11.6. The van der Waals surface area contributed by atoms with Crippen molar-refractivity contribution in [2.24, 2.45) is 0 Å². The number of hydrogen-bond donors (Lipinski definition) is 1. The van der Waals surface area contributed by atoms with Crippen LogP contribution in [-0.2, 0) is 6.18 Å². The fourth-order valence-corrected chi connectivity index (χ4v) is 2.99. The molecule has 3 rings (SSSR count). The molecule has 8 nitrogen and oxygen atoms in total. The maximum absolute atomic E-state index is 14.5. The zero-order valence-electron chi connectivity index (χ0n) is 20.9. The van der Waals surface area contributed by atoms with Gasteiger partial charge < -0.3 is 10.2 Å². The van der Waals surface area contributed by atoms with Crippen LogP contribution in [-0.4, -0.2) is 54.9 Å². The molecule has 198 valence electrons. The second-order valence-electron chi connectivity index (χ2n) is 6.72. The molecule has 0 spiro atoms. The van der Waals surface area contributed by atoms with Gasteiger partial charge in [-0.3, -0.25) is 4.79 Å². The third-order valence-electron chi connectivity index (χ3n) is 4.55. The van der Waals surface area contributed by atoms with E-state index in [1.807, 2.05) is 27.7 Å². The van der Waals surface area contributed by atoms with Crippen LogP contribution in [0.5, 0.6) is 0 Å². The van der Waals surface area contributed by atoms with Crippen LogP contribution in [0, 0.1) is 11.6 Å². The lowest BCUT2D eigenvalue weighted by Crippen LogP contribution is -2.42. The van der Waals surface area contributed by atoms with Crippen LogP contribution in [0.15, 0.2) is 36.9 Å². The van der Waals surface area contributed by atoms with Crippen LogP contribution in [0.3, 0.4) is 0 Å². The van der Waals surface area contributed by atoms with E-state index < -0.39 is 35.3 Å². The molecule has 2 heterocycles. The van der Waals surface area contributed by atoms with E-state index in [2.05, 4.69) is 25.5 Å². The highest BCUT2D eigenvalue weighted by atomic mass is 19.4. The molecule has 0 aliphatic carbocycles. The number of benzene rings is 1. The van der Waals surface area contributed by atoms with Gasteiger partial charge in [0.2, 0.25) is 5.95 Å². The smallest absolute Gasteiger partial charge is 0.352 e. The predicted molar refractivity (Wildman–Crippen MR) is 126 cm³/mol. The summed E-state index contributed by atoms with van der Waals surface area (Å²) in [5, 5.41) is 10.4. The molecular weight excluding hydrogens is 485 g/mol. The number of halogens is 5. The highest BCUT2D eigenvalue weighted by molar-refractivity contribution is 5.98. The van der Waals surface area contributed by atoms with Gasteiger partial charge in [0.05, 0.1) is 23.5 Å². The molecule has 0 bridgehead atoms. The number of alkyl halides is 3. The first-order valence-electron chi connectivity index (χ1n) is 11.4. The molecule has 1 N–H and O–H groups in total. The molecule has 0 radical (unpaired) electrons. The second-order valence-corrected chi connectivity index (χ2v) is 6.72. The Bertz CT molecular complexity index is 1070. The summed E-state index contributed by atoms with van der Waals surface area (Å²) in [5.41, 5.74) is -1.57. The average Bonchev–Trinajstić information content (AvgIpc) is 3.39. The van der Waals surface area contributed by atoms with Crippen LogP contribution < -0.4 is 5.32 Å². The molecule has 1 atom stereocenters. The summed E-state index contributed by atoms with van der Waals surface area (Å²) in [6.07, 6.45) is -0.710. The number of carbonyl (C=O) groups is 1. The Balaban J connectivity index is 0.00000154. The summed E-state index contributed by atoms with van der Waals surface area (Å²) in [4.78, 5) is 22.6. The van der Waals surface area contributed by atoms with E-state index in [-0.39, 0.29) is 30.3 Å². The molecule has 13 heteroatoms. The number of likely N-dealkylation sites (N-methyl/N-ethyl adjacent to an activating group) is 1. The standard InChI is InChI=1S/C19H18F5N7O.2C2H6/c1-3-30(11(2)8-25-18-26-9-12(10-27-18)19(22,23)24)17(32)14-6-13(20)7-15(21)16(14)31-28-4-5-29-31;2*1-2/h4-7,9-11H,3,8H2,1-2H3,(H,25,26,27);2*1-2H3. The number of nitrogens with one attached hydrogen (secondary N) is 1. The molecule has 1 unspecified atom stereocenters. The normalized spacial score (nSPS) is 11.4. The Morgan fingerprint density at radius 3 is 2.11 bits per heavy atom. The van der Waals surface area contributed by atoms with E-state index in [1.54, 1.807) is 13.8 Å². The van der Waals surface area contributed by atoms with Crippen LogP contribution in [0.1, 0.15) is 57.5 Å². The molecule has 0 saturated carbocycles. The van der Waals surface area contributed by atoms with Gasteiger partial charge in [0.15, 0.2) is 5.82 Å². The Morgan fingerprint density at radius 2 is 1.61 bits per heavy atom. The van der Waals surface area contributed by atoms with E-state index in [1.165, 1.54) is 17.3 Å². The van der Waals surface area contributed by atoms with Crippen LogP contribution in [0.2, 0.25) is 0 Å². The molecule has 0 aliphatic heterocycles. The van der Waals surface area contributed by atoms with Gasteiger partial charge in [-0.1, -0.05) is 27.7 Å². The number of aromatic nitrogens is 5. The predicted octanol–water partition coefficient (Wildman–Crippen LogP) is 5.37. The highest BCUT2D eigenvalue weighted by Crippen LogP contribution is 2.28. The van der Waals surface area contributed by atoms with Crippen LogP contribution in [0.25, 0.3) is 5.69 Å². The van der Waals surface area contributed by atoms with Gasteiger partial charge in [-0.05, 0) is 19.9 Å². The minimum atomic E-state index is -4.56. The zero-order valence-corrected chi connectivity index (χ0v) is 20.9. The number of carbonyl (C=O) groups excluding carboxylic acids is 1. The van der Waals surface area contributed by atoms with Crippen molar-refractivity contribution in [3.8, 4) is 5.69 Å². The van der Waals surface area contributed by atoms with E-state index in [4.69, 9.17) is 0 Å². The molecule has 1 aromatic carbocycles. The maximum atomic E-state index is 14.5. The lowest BCUT2D eigenvalue weighted by Gasteiger charge is -2.29. The molecule has 1 amide bonds. The second kappa shape index (κ2) is 14.0. The number of rotatable bonds is 7. The Morgan fingerprint density at radius 1 is 1.06 bits per heavy atom.